The summed E-state index contributed by atoms with van der Waals surface area (Å²) in [5, 5.41) is 2.90. The van der Waals surface area contributed by atoms with Crippen molar-refractivity contribution in [2.45, 2.75) is 19.9 Å². The maximum absolute atomic E-state index is 12.2. The van der Waals surface area contributed by atoms with Crippen LogP contribution >= 0.6 is 0 Å². The number of hydrogen-bond donors (Lipinski definition) is 1. The van der Waals surface area contributed by atoms with Crippen LogP contribution in [-0.2, 0) is 13.0 Å². The Morgan fingerprint density at radius 1 is 1.00 bits per heavy atom. The maximum atomic E-state index is 12.2. The van der Waals surface area contributed by atoms with Crippen LogP contribution in [0.15, 0.2) is 66.9 Å². The van der Waals surface area contributed by atoms with E-state index in [-0.39, 0.29) is 5.91 Å². The second-order valence-electron chi connectivity index (χ2n) is 6.02. The Morgan fingerprint density at radius 2 is 1.74 bits per heavy atom. The summed E-state index contributed by atoms with van der Waals surface area (Å²) in [6.07, 6.45) is 2.65. The minimum Gasteiger partial charge on any atom is -0.497 e. The van der Waals surface area contributed by atoms with Gasteiger partial charge in [-0.25, -0.2) is 4.98 Å². The first-order valence-electron chi connectivity index (χ1n) is 8.82. The lowest BCUT2D eigenvalue weighted by Crippen LogP contribution is -2.22. The predicted octanol–water partition coefficient (Wildman–Crippen LogP) is 4.37. The number of amides is 1. The van der Waals surface area contributed by atoms with Crippen LogP contribution in [0, 0.1) is 0 Å². The van der Waals surface area contributed by atoms with Crippen LogP contribution in [0.1, 0.15) is 28.4 Å². The topological polar surface area (TPSA) is 60.5 Å². The van der Waals surface area contributed by atoms with Crippen molar-refractivity contribution < 1.29 is 14.3 Å². The number of carbonyl (C=O) groups is 1. The number of aryl methyl sites for hydroxylation is 1. The maximum Gasteiger partial charge on any atom is 0.251 e. The van der Waals surface area contributed by atoms with Gasteiger partial charge in [-0.05, 0) is 41.8 Å². The smallest absolute Gasteiger partial charge is 0.251 e. The Labute approximate surface area is 159 Å². The quantitative estimate of drug-likeness (QED) is 0.678. The van der Waals surface area contributed by atoms with Crippen LogP contribution in [0.5, 0.6) is 17.4 Å². The van der Waals surface area contributed by atoms with Gasteiger partial charge < -0.3 is 14.8 Å². The van der Waals surface area contributed by atoms with Crippen molar-refractivity contribution in [2.24, 2.45) is 0 Å². The molecule has 0 bridgehead atoms. The molecule has 0 unspecified atom stereocenters. The summed E-state index contributed by atoms with van der Waals surface area (Å²) in [5.41, 5.74) is 2.76. The molecule has 1 aromatic heterocycles. The van der Waals surface area contributed by atoms with E-state index in [1.54, 1.807) is 25.4 Å². The third-order valence-electron chi connectivity index (χ3n) is 4.14. The molecule has 27 heavy (non-hydrogen) atoms. The molecule has 138 valence electrons. The number of benzene rings is 2. The number of hydrogen-bond acceptors (Lipinski definition) is 4. The van der Waals surface area contributed by atoms with Gasteiger partial charge >= 0.3 is 0 Å². The van der Waals surface area contributed by atoms with Crippen molar-refractivity contribution in [3.8, 4) is 17.4 Å². The highest BCUT2D eigenvalue weighted by molar-refractivity contribution is 5.94. The average Bonchev–Trinajstić information content (AvgIpc) is 2.73. The van der Waals surface area contributed by atoms with Gasteiger partial charge in [0.2, 0.25) is 5.88 Å². The highest BCUT2D eigenvalue weighted by Crippen LogP contribution is 2.23. The van der Waals surface area contributed by atoms with Gasteiger partial charge in [0, 0.05) is 30.4 Å². The van der Waals surface area contributed by atoms with Crippen LogP contribution in [0.25, 0.3) is 0 Å². The number of methoxy groups -OCH3 is 1. The summed E-state index contributed by atoms with van der Waals surface area (Å²) >= 11 is 0. The van der Waals surface area contributed by atoms with Gasteiger partial charge in [0.25, 0.3) is 5.91 Å². The van der Waals surface area contributed by atoms with Crippen molar-refractivity contribution in [1.29, 1.82) is 0 Å². The zero-order valence-corrected chi connectivity index (χ0v) is 15.4. The van der Waals surface area contributed by atoms with E-state index in [0.29, 0.717) is 23.7 Å². The van der Waals surface area contributed by atoms with Gasteiger partial charge in [0.15, 0.2) is 0 Å². The van der Waals surface area contributed by atoms with Gasteiger partial charge in [0.05, 0.1) is 7.11 Å². The number of ether oxygens (including phenoxy) is 2. The number of nitrogens with zero attached hydrogens (tertiary/aromatic N) is 1. The van der Waals surface area contributed by atoms with Crippen molar-refractivity contribution in [3.05, 3.63) is 83.6 Å². The van der Waals surface area contributed by atoms with Gasteiger partial charge in [-0.1, -0.05) is 31.2 Å². The van der Waals surface area contributed by atoms with Gasteiger partial charge in [0.1, 0.15) is 11.5 Å². The molecule has 0 aliphatic heterocycles. The van der Waals surface area contributed by atoms with E-state index >= 15 is 0 Å². The molecule has 5 nitrogen and oxygen atoms in total. The molecular formula is C22H22N2O3. The molecule has 0 fully saturated rings. The molecule has 5 heteroatoms. The SMILES string of the molecule is CCc1ccc(C(=O)NCc2ccc(Oc3cccc(OC)c3)nc2)cc1. The highest BCUT2D eigenvalue weighted by Gasteiger charge is 2.06. The summed E-state index contributed by atoms with van der Waals surface area (Å²) in [5.74, 6) is 1.75. The van der Waals surface area contributed by atoms with Crippen molar-refractivity contribution in [1.82, 2.24) is 10.3 Å². The lowest BCUT2D eigenvalue weighted by molar-refractivity contribution is 0.0951. The van der Waals surface area contributed by atoms with E-state index in [4.69, 9.17) is 9.47 Å². The number of nitrogens with one attached hydrogen (secondary N) is 1. The fourth-order valence-corrected chi connectivity index (χ4v) is 2.54. The summed E-state index contributed by atoms with van der Waals surface area (Å²) in [6.45, 7) is 2.49. The molecule has 1 amide bonds. The third-order valence-corrected chi connectivity index (χ3v) is 4.14. The van der Waals surface area contributed by atoms with Crippen LogP contribution in [0.4, 0.5) is 0 Å². The Kier molecular flexibility index (Phi) is 6.05. The predicted molar refractivity (Wildman–Crippen MR) is 104 cm³/mol. The monoisotopic (exact) mass is 362 g/mol. The molecule has 1 N–H and O–H groups in total. The zero-order chi connectivity index (χ0) is 19.1. The Morgan fingerprint density at radius 3 is 2.41 bits per heavy atom. The molecule has 1 heterocycles. The van der Waals surface area contributed by atoms with Crippen LogP contribution < -0.4 is 14.8 Å². The van der Waals surface area contributed by atoms with Crippen LogP contribution in [0.3, 0.4) is 0 Å². The van der Waals surface area contributed by atoms with Gasteiger partial charge in [-0.3, -0.25) is 4.79 Å². The van der Waals surface area contributed by atoms with Crippen LogP contribution in [-0.4, -0.2) is 18.0 Å². The molecule has 0 aliphatic carbocycles. The number of pyridine rings is 1. The Hall–Kier alpha value is -3.34. The molecule has 2 aromatic carbocycles. The van der Waals surface area contributed by atoms with E-state index in [1.807, 2.05) is 48.5 Å². The molecule has 0 aliphatic rings. The number of rotatable bonds is 7. The van der Waals surface area contributed by atoms with Crippen LogP contribution in [0.2, 0.25) is 0 Å². The zero-order valence-electron chi connectivity index (χ0n) is 15.4. The van der Waals surface area contributed by atoms with E-state index in [9.17, 15) is 4.79 Å². The molecule has 0 atom stereocenters. The fraction of sp³-hybridized carbons (Fsp3) is 0.182. The largest absolute Gasteiger partial charge is 0.497 e. The first kappa shape index (κ1) is 18.5. The standard InChI is InChI=1S/C22H22N2O3/c1-3-16-7-10-18(11-8-16)22(25)24-15-17-9-12-21(23-14-17)27-20-6-4-5-19(13-20)26-2/h4-14H,3,15H2,1-2H3,(H,24,25). The minimum absolute atomic E-state index is 0.102. The first-order chi connectivity index (χ1) is 13.2. The summed E-state index contributed by atoms with van der Waals surface area (Å²) in [4.78, 5) is 16.5. The van der Waals surface area contributed by atoms with E-state index in [0.717, 1.165) is 17.7 Å². The third kappa shape index (κ3) is 5.07. The molecule has 0 spiro atoms. The second-order valence-corrected chi connectivity index (χ2v) is 6.02. The molecule has 0 saturated carbocycles. The van der Waals surface area contributed by atoms with Crippen molar-refractivity contribution in [3.63, 3.8) is 0 Å². The lowest BCUT2D eigenvalue weighted by atomic mass is 10.1. The first-order valence-corrected chi connectivity index (χ1v) is 8.82. The minimum atomic E-state index is -0.102. The van der Waals surface area contributed by atoms with E-state index in [1.165, 1.54) is 5.56 Å². The number of carbonyl (C=O) groups excluding carboxylic acids is 1. The fourth-order valence-electron chi connectivity index (χ4n) is 2.54. The molecule has 0 radical (unpaired) electrons. The molecule has 0 saturated heterocycles. The number of aromatic nitrogens is 1. The van der Waals surface area contributed by atoms with Gasteiger partial charge in [-0.15, -0.1) is 0 Å². The van der Waals surface area contributed by atoms with Gasteiger partial charge in [-0.2, -0.15) is 0 Å². The molecule has 3 aromatic rings. The Bertz CT molecular complexity index is 890. The van der Waals surface area contributed by atoms with Crippen molar-refractivity contribution >= 4 is 5.91 Å². The highest BCUT2D eigenvalue weighted by atomic mass is 16.5. The average molecular weight is 362 g/mol. The summed E-state index contributed by atoms with van der Waals surface area (Å²) in [7, 11) is 1.61. The normalized spacial score (nSPS) is 10.3. The molecular weight excluding hydrogens is 340 g/mol. The van der Waals surface area contributed by atoms with E-state index in [2.05, 4.69) is 17.2 Å². The molecule has 3 rings (SSSR count). The van der Waals surface area contributed by atoms with Crippen molar-refractivity contribution in [2.75, 3.05) is 7.11 Å². The summed E-state index contributed by atoms with van der Waals surface area (Å²) in [6, 6.07) is 18.6. The lowest BCUT2D eigenvalue weighted by Gasteiger charge is -2.08. The van der Waals surface area contributed by atoms with E-state index < -0.39 is 0 Å². The summed E-state index contributed by atoms with van der Waals surface area (Å²) < 4.78 is 10.9. The Balaban J connectivity index is 1.56. The second kappa shape index (κ2) is 8.85.